The molecular weight excluding hydrogens is 410 g/mol. The maximum atomic E-state index is 12.8. The Bertz CT molecular complexity index is 1210. The topological polar surface area (TPSA) is 72.7 Å². The molecule has 158 valence electrons. The SMILES string of the molecule is CCCCOC(=O)c1ccc(NC(=O)c2sc3nc(-c4ccccc4)cn3c2C)cc1. The predicted molar refractivity (Wildman–Crippen MR) is 123 cm³/mol. The number of anilines is 1. The summed E-state index contributed by atoms with van der Waals surface area (Å²) in [6.45, 7) is 4.37. The number of aromatic nitrogens is 2. The van der Waals surface area contributed by atoms with Gasteiger partial charge < -0.3 is 10.1 Å². The van der Waals surface area contributed by atoms with Gasteiger partial charge in [0.2, 0.25) is 0 Å². The number of carbonyl (C=O) groups excluding carboxylic acids is 2. The molecule has 0 aliphatic rings. The average Bonchev–Trinajstić information content (AvgIpc) is 3.34. The lowest BCUT2D eigenvalue weighted by atomic mass is 10.2. The summed E-state index contributed by atoms with van der Waals surface area (Å²) in [6.07, 6.45) is 3.77. The Balaban J connectivity index is 1.46. The molecule has 7 heteroatoms. The standard InChI is InChI=1S/C24H23N3O3S/c1-3-4-14-30-23(29)18-10-12-19(13-11-18)25-22(28)21-16(2)27-15-20(26-24(27)31-21)17-8-6-5-7-9-17/h5-13,15H,3-4,14H2,1-2H3,(H,25,28). The van der Waals surface area contributed by atoms with Crippen LogP contribution in [0.25, 0.3) is 16.2 Å². The van der Waals surface area contributed by atoms with E-state index in [-0.39, 0.29) is 11.9 Å². The highest BCUT2D eigenvalue weighted by atomic mass is 32.1. The zero-order valence-corrected chi connectivity index (χ0v) is 18.2. The van der Waals surface area contributed by atoms with Gasteiger partial charge in [-0.25, -0.2) is 9.78 Å². The number of ether oxygens (including phenoxy) is 1. The van der Waals surface area contributed by atoms with Crippen molar-refractivity contribution in [2.75, 3.05) is 11.9 Å². The molecule has 0 atom stereocenters. The van der Waals surface area contributed by atoms with Gasteiger partial charge in [0.15, 0.2) is 4.96 Å². The fourth-order valence-corrected chi connectivity index (χ4v) is 4.18. The number of carbonyl (C=O) groups is 2. The Morgan fingerprint density at radius 3 is 2.52 bits per heavy atom. The summed E-state index contributed by atoms with van der Waals surface area (Å²) in [5, 5.41) is 2.89. The van der Waals surface area contributed by atoms with Crippen LogP contribution in [0.2, 0.25) is 0 Å². The number of rotatable bonds is 7. The van der Waals surface area contributed by atoms with Crippen molar-refractivity contribution in [1.29, 1.82) is 0 Å². The number of nitrogens with one attached hydrogen (secondary N) is 1. The summed E-state index contributed by atoms with van der Waals surface area (Å²) in [7, 11) is 0. The number of unbranched alkanes of at least 4 members (excludes halogenated alkanes) is 1. The molecule has 6 nitrogen and oxygen atoms in total. The van der Waals surface area contributed by atoms with E-state index in [9.17, 15) is 9.59 Å². The quantitative estimate of drug-likeness (QED) is 0.305. The number of amides is 1. The first-order valence-corrected chi connectivity index (χ1v) is 11.0. The highest BCUT2D eigenvalue weighted by Crippen LogP contribution is 2.27. The largest absolute Gasteiger partial charge is 0.462 e. The molecule has 1 N–H and O–H groups in total. The second-order valence-corrected chi connectivity index (χ2v) is 8.16. The Morgan fingerprint density at radius 2 is 1.84 bits per heavy atom. The number of esters is 1. The lowest BCUT2D eigenvalue weighted by Crippen LogP contribution is -2.12. The number of nitrogens with zero attached hydrogens (tertiary/aromatic N) is 2. The second kappa shape index (κ2) is 9.14. The van der Waals surface area contributed by atoms with Gasteiger partial charge in [-0.15, -0.1) is 0 Å². The van der Waals surface area contributed by atoms with Crippen molar-refractivity contribution in [2.45, 2.75) is 26.7 Å². The second-order valence-electron chi connectivity index (χ2n) is 7.18. The number of imidazole rings is 1. The molecule has 0 radical (unpaired) electrons. The molecule has 0 saturated heterocycles. The Kier molecular flexibility index (Phi) is 6.13. The van der Waals surface area contributed by atoms with Gasteiger partial charge in [0.25, 0.3) is 5.91 Å². The predicted octanol–water partition coefficient (Wildman–Crippen LogP) is 5.58. The van der Waals surface area contributed by atoms with E-state index in [1.807, 2.05) is 54.8 Å². The van der Waals surface area contributed by atoms with Crippen LogP contribution in [-0.4, -0.2) is 27.9 Å². The van der Waals surface area contributed by atoms with Crippen LogP contribution in [0, 0.1) is 6.92 Å². The third-order valence-corrected chi connectivity index (χ3v) is 6.10. The van der Waals surface area contributed by atoms with Crippen LogP contribution in [0.5, 0.6) is 0 Å². The summed E-state index contributed by atoms with van der Waals surface area (Å²) in [5.74, 6) is -0.552. The van der Waals surface area contributed by atoms with Crippen LogP contribution in [0.15, 0.2) is 60.8 Å². The van der Waals surface area contributed by atoms with Gasteiger partial charge in [-0.2, -0.15) is 0 Å². The summed E-state index contributed by atoms with van der Waals surface area (Å²) in [6, 6.07) is 16.7. The molecule has 0 aliphatic carbocycles. The molecule has 1 amide bonds. The summed E-state index contributed by atoms with van der Waals surface area (Å²) < 4.78 is 7.15. The first-order chi connectivity index (χ1) is 15.1. The molecule has 2 aromatic heterocycles. The van der Waals surface area contributed by atoms with Crippen LogP contribution >= 0.6 is 11.3 Å². The Morgan fingerprint density at radius 1 is 1.10 bits per heavy atom. The van der Waals surface area contributed by atoms with Gasteiger partial charge in [0.1, 0.15) is 4.88 Å². The zero-order chi connectivity index (χ0) is 21.8. The molecule has 0 bridgehead atoms. The van der Waals surface area contributed by atoms with E-state index < -0.39 is 0 Å². The molecule has 0 spiro atoms. The van der Waals surface area contributed by atoms with Crippen LogP contribution in [0.1, 0.15) is 45.5 Å². The first kappa shape index (κ1) is 20.8. The van der Waals surface area contributed by atoms with Crippen molar-refractivity contribution in [1.82, 2.24) is 9.38 Å². The molecule has 4 aromatic rings. The number of thiazole rings is 1. The molecule has 0 saturated carbocycles. The number of aryl methyl sites for hydroxylation is 1. The van der Waals surface area contributed by atoms with E-state index in [4.69, 9.17) is 4.74 Å². The smallest absolute Gasteiger partial charge is 0.338 e. The minimum absolute atomic E-state index is 0.201. The van der Waals surface area contributed by atoms with Gasteiger partial charge in [-0.1, -0.05) is 55.0 Å². The lowest BCUT2D eigenvalue weighted by Gasteiger charge is -2.07. The molecule has 31 heavy (non-hydrogen) atoms. The van der Waals surface area contributed by atoms with E-state index in [1.165, 1.54) is 11.3 Å². The first-order valence-electron chi connectivity index (χ1n) is 10.2. The van der Waals surface area contributed by atoms with Gasteiger partial charge in [-0.3, -0.25) is 9.20 Å². The van der Waals surface area contributed by atoms with E-state index in [2.05, 4.69) is 10.3 Å². The number of hydrogen-bond donors (Lipinski definition) is 1. The maximum Gasteiger partial charge on any atom is 0.338 e. The summed E-state index contributed by atoms with van der Waals surface area (Å²) >= 11 is 1.35. The zero-order valence-electron chi connectivity index (χ0n) is 17.4. The summed E-state index contributed by atoms with van der Waals surface area (Å²) in [5.41, 5.74) is 3.84. The number of fused-ring (bicyclic) bond motifs is 1. The number of hydrogen-bond acceptors (Lipinski definition) is 5. The van der Waals surface area contributed by atoms with Crippen LogP contribution in [-0.2, 0) is 4.74 Å². The minimum Gasteiger partial charge on any atom is -0.462 e. The van der Waals surface area contributed by atoms with Crippen molar-refractivity contribution in [3.05, 3.63) is 76.9 Å². The van der Waals surface area contributed by atoms with Gasteiger partial charge in [0.05, 0.1) is 17.9 Å². The maximum absolute atomic E-state index is 12.8. The highest BCUT2D eigenvalue weighted by Gasteiger charge is 2.18. The van der Waals surface area contributed by atoms with E-state index in [1.54, 1.807) is 24.3 Å². The minimum atomic E-state index is -0.351. The van der Waals surface area contributed by atoms with Crippen molar-refractivity contribution < 1.29 is 14.3 Å². The van der Waals surface area contributed by atoms with Crippen molar-refractivity contribution in [3.8, 4) is 11.3 Å². The molecule has 0 fully saturated rings. The highest BCUT2D eigenvalue weighted by molar-refractivity contribution is 7.19. The van der Waals surface area contributed by atoms with Crippen LogP contribution in [0.4, 0.5) is 5.69 Å². The fourth-order valence-electron chi connectivity index (χ4n) is 3.18. The van der Waals surface area contributed by atoms with Crippen molar-refractivity contribution in [2.24, 2.45) is 0 Å². The molecule has 2 aromatic carbocycles. The van der Waals surface area contributed by atoms with Gasteiger partial charge in [-0.05, 0) is 37.6 Å². The van der Waals surface area contributed by atoms with Crippen LogP contribution < -0.4 is 5.32 Å². The fraction of sp³-hybridized carbons (Fsp3) is 0.208. The lowest BCUT2D eigenvalue weighted by molar-refractivity contribution is 0.0499. The van der Waals surface area contributed by atoms with E-state index >= 15 is 0 Å². The van der Waals surface area contributed by atoms with E-state index in [0.717, 1.165) is 34.8 Å². The van der Waals surface area contributed by atoms with Crippen LogP contribution in [0.3, 0.4) is 0 Å². The average molecular weight is 434 g/mol. The Hall–Kier alpha value is -3.45. The molecular formula is C24H23N3O3S. The monoisotopic (exact) mass is 433 g/mol. The van der Waals surface area contributed by atoms with E-state index in [0.29, 0.717) is 22.7 Å². The molecule has 4 rings (SSSR count). The van der Waals surface area contributed by atoms with Gasteiger partial charge >= 0.3 is 5.97 Å². The normalized spacial score (nSPS) is 10.9. The van der Waals surface area contributed by atoms with Gasteiger partial charge in [0, 0.05) is 23.1 Å². The third-order valence-electron chi connectivity index (χ3n) is 4.94. The number of benzene rings is 2. The van der Waals surface area contributed by atoms with Crippen molar-refractivity contribution >= 4 is 33.9 Å². The third kappa shape index (κ3) is 4.51. The molecule has 0 unspecified atom stereocenters. The molecule has 2 heterocycles. The van der Waals surface area contributed by atoms with Crippen molar-refractivity contribution in [3.63, 3.8) is 0 Å². The summed E-state index contributed by atoms with van der Waals surface area (Å²) in [4.78, 5) is 30.9. The Labute approximate surface area is 184 Å². The molecule has 0 aliphatic heterocycles.